The molecular formula is C20H18FN3O. The van der Waals surface area contributed by atoms with E-state index in [9.17, 15) is 9.18 Å². The van der Waals surface area contributed by atoms with E-state index in [2.05, 4.69) is 15.6 Å². The Morgan fingerprint density at radius 3 is 2.40 bits per heavy atom. The number of anilines is 1. The maximum atomic E-state index is 12.9. The fraction of sp³-hybridized carbons (Fsp3) is 0.100. The minimum atomic E-state index is -0.295. The van der Waals surface area contributed by atoms with Crippen LogP contribution in [0.3, 0.4) is 0 Å². The first kappa shape index (κ1) is 16.6. The van der Waals surface area contributed by atoms with Gasteiger partial charge in [0, 0.05) is 25.5 Å². The Hall–Kier alpha value is -3.21. The summed E-state index contributed by atoms with van der Waals surface area (Å²) in [7, 11) is 0. The van der Waals surface area contributed by atoms with Gasteiger partial charge in [0.1, 0.15) is 5.82 Å². The molecule has 0 bridgehead atoms. The molecule has 3 aromatic rings. The van der Waals surface area contributed by atoms with Crippen LogP contribution in [0.5, 0.6) is 0 Å². The first-order chi connectivity index (χ1) is 12.2. The van der Waals surface area contributed by atoms with Crippen molar-refractivity contribution in [3.05, 3.63) is 95.6 Å². The number of pyridine rings is 1. The molecule has 1 amide bonds. The van der Waals surface area contributed by atoms with Gasteiger partial charge in [0.2, 0.25) is 0 Å². The minimum Gasteiger partial charge on any atom is -0.380 e. The van der Waals surface area contributed by atoms with Gasteiger partial charge in [-0.3, -0.25) is 9.78 Å². The van der Waals surface area contributed by atoms with Crippen molar-refractivity contribution in [3.8, 4) is 0 Å². The second kappa shape index (κ2) is 8.06. The number of hydrogen-bond donors (Lipinski definition) is 2. The second-order valence-corrected chi connectivity index (χ2v) is 5.61. The van der Waals surface area contributed by atoms with Crippen LogP contribution in [0.4, 0.5) is 10.1 Å². The zero-order valence-electron chi connectivity index (χ0n) is 13.6. The Bertz CT molecular complexity index is 835. The lowest BCUT2D eigenvalue weighted by atomic mass is 10.2. The second-order valence-electron chi connectivity index (χ2n) is 5.61. The van der Waals surface area contributed by atoms with E-state index in [1.54, 1.807) is 24.4 Å². The third-order valence-corrected chi connectivity index (χ3v) is 3.71. The van der Waals surface area contributed by atoms with Gasteiger partial charge in [-0.1, -0.05) is 42.5 Å². The molecule has 0 unspecified atom stereocenters. The molecule has 0 saturated carbocycles. The van der Waals surface area contributed by atoms with Gasteiger partial charge in [-0.05, 0) is 29.3 Å². The molecule has 0 radical (unpaired) electrons. The SMILES string of the molecule is O=C(NCc1ccc(F)cc1)c1cncc(NCc2ccccc2)c1. The minimum absolute atomic E-state index is 0.222. The van der Waals surface area contributed by atoms with Crippen molar-refractivity contribution in [2.75, 3.05) is 5.32 Å². The molecule has 0 aliphatic rings. The highest BCUT2D eigenvalue weighted by atomic mass is 19.1. The predicted molar refractivity (Wildman–Crippen MR) is 95.6 cm³/mol. The highest BCUT2D eigenvalue weighted by molar-refractivity contribution is 5.94. The van der Waals surface area contributed by atoms with Gasteiger partial charge < -0.3 is 10.6 Å². The van der Waals surface area contributed by atoms with Gasteiger partial charge in [0.15, 0.2) is 0 Å². The van der Waals surface area contributed by atoms with E-state index in [1.807, 2.05) is 30.3 Å². The lowest BCUT2D eigenvalue weighted by molar-refractivity contribution is 0.0950. The number of nitrogens with zero attached hydrogens (tertiary/aromatic N) is 1. The largest absolute Gasteiger partial charge is 0.380 e. The fourth-order valence-corrected chi connectivity index (χ4v) is 2.35. The summed E-state index contributed by atoms with van der Waals surface area (Å²) in [5.41, 5.74) is 3.23. The summed E-state index contributed by atoms with van der Waals surface area (Å²) >= 11 is 0. The summed E-state index contributed by atoms with van der Waals surface area (Å²) in [6, 6.07) is 17.8. The molecule has 2 N–H and O–H groups in total. The lowest BCUT2D eigenvalue weighted by Gasteiger charge is -2.09. The molecule has 1 heterocycles. The van der Waals surface area contributed by atoms with E-state index in [0.29, 0.717) is 18.7 Å². The topological polar surface area (TPSA) is 54.0 Å². The van der Waals surface area contributed by atoms with Crippen LogP contribution in [0, 0.1) is 5.82 Å². The van der Waals surface area contributed by atoms with Crippen LogP contribution < -0.4 is 10.6 Å². The third-order valence-electron chi connectivity index (χ3n) is 3.71. The van der Waals surface area contributed by atoms with E-state index < -0.39 is 0 Å². The van der Waals surface area contributed by atoms with Crippen molar-refractivity contribution in [3.63, 3.8) is 0 Å². The van der Waals surface area contributed by atoms with Crippen LogP contribution in [0.2, 0.25) is 0 Å². The molecule has 1 aromatic heterocycles. The number of carbonyl (C=O) groups is 1. The Balaban J connectivity index is 1.58. The van der Waals surface area contributed by atoms with E-state index in [1.165, 1.54) is 18.3 Å². The normalized spacial score (nSPS) is 10.3. The van der Waals surface area contributed by atoms with Crippen molar-refractivity contribution in [2.24, 2.45) is 0 Å². The van der Waals surface area contributed by atoms with Crippen LogP contribution >= 0.6 is 0 Å². The number of amides is 1. The van der Waals surface area contributed by atoms with E-state index in [-0.39, 0.29) is 11.7 Å². The molecule has 0 aliphatic carbocycles. The number of rotatable bonds is 6. The fourth-order valence-electron chi connectivity index (χ4n) is 2.35. The summed E-state index contributed by atoms with van der Waals surface area (Å²) in [4.78, 5) is 16.4. The number of hydrogen-bond acceptors (Lipinski definition) is 3. The molecule has 25 heavy (non-hydrogen) atoms. The maximum absolute atomic E-state index is 12.9. The first-order valence-corrected chi connectivity index (χ1v) is 7.96. The van der Waals surface area contributed by atoms with E-state index >= 15 is 0 Å². The van der Waals surface area contributed by atoms with Crippen molar-refractivity contribution in [1.82, 2.24) is 10.3 Å². The van der Waals surface area contributed by atoms with Crippen LogP contribution in [0.25, 0.3) is 0 Å². The summed E-state index contributed by atoms with van der Waals surface area (Å²) in [5.74, 6) is -0.517. The average Bonchev–Trinajstić information content (AvgIpc) is 2.67. The van der Waals surface area contributed by atoms with Crippen molar-refractivity contribution in [2.45, 2.75) is 13.1 Å². The molecule has 0 spiro atoms. The molecule has 0 saturated heterocycles. The Kier molecular flexibility index (Phi) is 5.36. The molecule has 0 aliphatic heterocycles. The number of benzene rings is 2. The standard InChI is InChI=1S/C20H18FN3O/c21-18-8-6-16(7-9-18)12-24-20(25)17-10-19(14-22-13-17)23-11-15-4-2-1-3-5-15/h1-10,13-14,23H,11-12H2,(H,24,25). The quantitative estimate of drug-likeness (QED) is 0.721. The first-order valence-electron chi connectivity index (χ1n) is 7.96. The van der Waals surface area contributed by atoms with Crippen molar-refractivity contribution < 1.29 is 9.18 Å². The van der Waals surface area contributed by atoms with Crippen LogP contribution in [-0.2, 0) is 13.1 Å². The van der Waals surface area contributed by atoms with E-state index in [0.717, 1.165) is 16.8 Å². The average molecular weight is 335 g/mol. The van der Waals surface area contributed by atoms with Gasteiger partial charge in [-0.15, -0.1) is 0 Å². The molecule has 3 rings (SSSR count). The number of halogens is 1. The van der Waals surface area contributed by atoms with Crippen molar-refractivity contribution in [1.29, 1.82) is 0 Å². The Labute approximate surface area is 145 Å². The van der Waals surface area contributed by atoms with Gasteiger partial charge in [-0.25, -0.2) is 4.39 Å². The highest BCUT2D eigenvalue weighted by Gasteiger charge is 2.07. The molecule has 126 valence electrons. The molecule has 5 heteroatoms. The van der Waals surface area contributed by atoms with Gasteiger partial charge in [0.25, 0.3) is 5.91 Å². The van der Waals surface area contributed by atoms with Crippen LogP contribution in [0.15, 0.2) is 73.1 Å². The predicted octanol–water partition coefficient (Wildman–Crippen LogP) is 3.76. The number of nitrogens with one attached hydrogen (secondary N) is 2. The number of carbonyl (C=O) groups excluding carboxylic acids is 1. The Morgan fingerprint density at radius 2 is 1.64 bits per heavy atom. The maximum Gasteiger partial charge on any atom is 0.253 e. The zero-order chi connectivity index (χ0) is 17.5. The van der Waals surface area contributed by atoms with Crippen molar-refractivity contribution >= 4 is 11.6 Å². The lowest BCUT2D eigenvalue weighted by Crippen LogP contribution is -2.23. The van der Waals surface area contributed by atoms with E-state index in [4.69, 9.17) is 0 Å². The Morgan fingerprint density at radius 1 is 0.920 bits per heavy atom. The molecule has 4 nitrogen and oxygen atoms in total. The van der Waals surface area contributed by atoms with Crippen LogP contribution in [-0.4, -0.2) is 10.9 Å². The van der Waals surface area contributed by atoms with Gasteiger partial charge >= 0.3 is 0 Å². The molecular weight excluding hydrogens is 317 g/mol. The summed E-state index contributed by atoms with van der Waals surface area (Å²) in [6.45, 7) is 0.990. The third kappa shape index (κ3) is 4.88. The summed E-state index contributed by atoms with van der Waals surface area (Å²) in [5, 5.41) is 6.06. The zero-order valence-corrected chi connectivity index (χ0v) is 13.6. The summed E-state index contributed by atoms with van der Waals surface area (Å²) in [6.07, 6.45) is 3.20. The monoisotopic (exact) mass is 335 g/mol. The molecule has 0 fully saturated rings. The highest BCUT2D eigenvalue weighted by Crippen LogP contribution is 2.11. The van der Waals surface area contributed by atoms with Gasteiger partial charge in [-0.2, -0.15) is 0 Å². The summed E-state index contributed by atoms with van der Waals surface area (Å²) < 4.78 is 12.9. The number of aromatic nitrogens is 1. The molecule has 0 atom stereocenters. The van der Waals surface area contributed by atoms with Crippen LogP contribution in [0.1, 0.15) is 21.5 Å². The van der Waals surface area contributed by atoms with Gasteiger partial charge in [0.05, 0.1) is 11.3 Å². The molecule has 2 aromatic carbocycles. The smallest absolute Gasteiger partial charge is 0.253 e.